The number of carbonyl (C=O) groups is 1. The van der Waals surface area contributed by atoms with E-state index in [0.717, 1.165) is 36.8 Å². The van der Waals surface area contributed by atoms with Crippen molar-refractivity contribution >= 4 is 11.8 Å². The maximum atomic E-state index is 14.0. The number of aromatic nitrogens is 1. The van der Waals surface area contributed by atoms with Crippen molar-refractivity contribution in [1.82, 2.24) is 15.2 Å². The lowest BCUT2D eigenvalue weighted by molar-refractivity contribution is -0.0891. The number of halogens is 1. The van der Waals surface area contributed by atoms with Crippen molar-refractivity contribution in [2.75, 3.05) is 25.5 Å². The van der Waals surface area contributed by atoms with Crippen LogP contribution in [-0.2, 0) is 5.54 Å². The molecular formula is C27H35FN4O3. The van der Waals surface area contributed by atoms with Gasteiger partial charge in [-0.25, -0.2) is 14.2 Å². The molecule has 1 aliphatic heterocycles. The van der Waals surface area contributed by atoms with Gasteiger partial charge in [-0.1, -0.05) is 12.1 Å². The Labute approximate surface area is 206 Å². The molecule has 2 aliphatic carbocycles. The lowest BCUT2D eigenvalue weighted by atomic mass is 9.69. The van der Waals surface area contributed by atoms with E-state index in [1.807, 2.05) is 40.1 Å². The number of amides is 2. The summed E-state index contributed by atoms with van der Waals surface area (Å²) in [6, 6.07) is 8.67. The number of urea groups is 1. The second-order valence-corrected chi connectivity index (χ2v) is 11.2. The summed E-state index contributed by atoms with van der Waals surface area (Å²) in [4.78, 5) is 21.6. The molecule has 0 atom stereocenters. The second-order valence-electron chi connectivity index (χ2n) is 11.2. The molecule has 5 rings (SSSR count). The molecule has 0 bridgehead atoms. The van der Waals surface area contributed by atoms with Gasteiger partial charge in [-0.15, -0.1) is 0 Å². The van der Waals surface area contributed by atoms with Gasteiger partial charge in [0.25, 0.3) is 0 Å². The molecule has 8 heteroatoms. The number of pyridine rings is 1. The first-order chi connectivity index (χ1) is 16.5. The predicted molar refractivity (Wildman–Crippen MR) is 132 cm³/mol. The molecule has 1 spiro atoms. The summed E-state index contributed by atoms with van der Waals surface area (Å²) in [5.41, 5.74) is 0.627. The lowest BCUT2D eigenvalue weighted by Crippen LogP contribution is -2.54. The van der Waals surface area contributed by atoms with Crippen molar-refractivity contribution in [3.8, 4) is 5.75 Å². The smallest absolute Gasteiger partial charge is 0.323 e. The Morgan fingerprint density at radius 3 is 2.51 bits per heavy atom. The van der Waals surface area contributed by atoms with E-state index in [9.17, 15) is 14.3 Å². The number of anilines is 1. The van der Waals surface area contributed by atoms with Crippen LogP contribution in [-0.4, -0.2) is 58.9 Å². The summed E-state index contributed by atoms with van der Waals surface area (Å²) in [7, 11) is 4.09. The minimum absolute atomic E-state index is 0.00676. The van der Waals surface area contributed by atoms with Gasteiger partial charge in [0, 0.05) is 18.4 Å². The average molecular weight is 483 g/mol. The molecule has 3 fully saturated rings. The van der Waals surface area contributed by atoms with Gasteiger partial charge >= 0.3 is 6.03 Å². The van der Waals surface area contributed by atoms with Crippen LogP contribution in [0.4, 0.5) is 15.0 Å². The number of aryl methyl sites for hydroxylation is 1. The van der Waals surface area contributed by atoms with E-state index in [-0.39, 0.29) is 29.0 Å². The molecule has 0 radical (unpaired) electrons. The largest absolute Gasteiger partial charge is 0.489 e. The van der Waals surface area contributed by atoms with E-state index in [1.54, 1.807) is 23.2 Å². The fourth-order valence-electron chi connectivity index (χ4n) is 6.16. The van der Waals surface area contributed by atoms with E-state index < -0.39 is 5.60 Å². The van der Waals surface area contributed by atoms with Crippen LogP contribution in [0.15, 0.2) is 36.5 Å². The molecular weight excluding hydrogens is 447 g/mol. The normalized spacial score (nSPS) is 32.6. The molecule has 2 aromatic rings. The molecule has 1 saturated heterocycles. The topological polar surface area (TPSA) is 77.9 Å². The number of nitrogens with zero attached hydrogens (tertiary/aromatic N) is 3. The van der Waals surface area contributed by atoms with Gasteiger partial charge in [-0.3, -0.25) is 9.80 Å². The number of rotatable bonds is 5. The zero-order valence-electron chi connectivity index (χ0n) is 21.0. The summed E-state index contributed by atoms with van der Waals surface area (Å²) < 4.78 is 20.0. The molecule has 1 aromatic heterocycles. The summed E-state index contributed by atoms with van der Waals surface area (Å²) in [6.45, 7) is 4.30. The van der Waals surface area contributed by atoms with Crippen molar-refractivity contribution in [2.24, 2.45) is 0 Å². The van der Waals surface area contributed by atoms with Gasteiger partial charge in [0.1, 0.15) is 23.5 Å². The molecule has 2 N–H and O–H groups in total. The van der Waals surface area contributed by atoms with E-state index >= 15 is 0 Å². The van der Waals surface area contributed by atoms with Crippen LogP contribution >= 0.6 is 0 Å². The van der Waals surface area contributed by atoms with Gasteiger partial charge in [0.2, 0.25) is 0 Å². The maximum Gasteiger partial charge on any atom is 0.323 e. The lowest BCUT2D eigenvalue weighted by Gasteiger charge is -2.48. The first kappa shape index (κ1) is 24.0. The van der Waals surface area contributed by atoms with Crippen LogP contribution < -0.4 is 15.0 Å². The number of benzene rings is 1. The number of nitrogens with one attached hydrogen (secondary N) is 1. The van der Waals surface area contributed by atoms with Crippen LogP contribution in [0.2, 0.25) is 0 Å². The van der Waals surface area contributed by atoms with Crippen molar-refractivity contribution in [1.29, 1.82) is 0 Å². The second kappa shape index (κ2) is 8.45. The quantitative estimate of drug-likeness (QED) is 0.670. The van der Waals surface area contributed by atoms with Crippen LogP contribution in [0.1, 0.15) is 56.6 Å². The van der Waals surface area contributed by atoms with Gasteiger partial charge in [0.05, 0.1) is 23.9 Å². The standard InChI is InChI=1S/C27H35FN4O3/c1-18-12-21(35-22-14-25(2,34)15-22)16-29-23(18)32-17-26(30-24(32)33)8-10-27(11-9-26,31(3)4)19-6-5-7-20(28)13-19/h5-7,12-13,16,22,34H,8-11,14-15,17H2,1-4H3,(H,30,33). The van der Waals surface area contributed by atoms with Crippen LogP contribution in [0, 0.1) is 12.7 Å². The molecule has 2 saturated carbocycles. The van der Waals surface area contributed by atoms with Crippen molar-refractivity contribution < 1.29 is 19.0 Å². The number of aliphatic hydroxyl groups is 1. The van der Waals surface area contributed by atoms with Crippen LogP contribution in [0.3, 0.4) is 0 Å². The third-order valence-corrected chi connectivity index (χ3v) is 8.25. The molecule has 35 heavy (non-hydrogen) atoms. The molecule has 188 valence electrons. The highest BCUT2D eigenvalue weighted by molar-refractivity contribution is 5.95. The monoisotopic (exact) mass is 482 g/mol. The van der Waals surface area contributed by atoms with E-state index in [2.05, 4.69) is 15.2 Å². The van der Waals surface area contributed by atoms with Gasteiger partial charge in [0.15, 0.2) is 0 Å². The summed E-state index contributed by atoms with van der Waals surface area (Å²) in [6.07, 6.45) is 6.11. The predicted octanol–water partition coefficient (Wildman–Crippen LogP) is 4.12. The fraction of sp³-hybridized carbons (Fsp3) is 0.556. The maximum absolute atomic E-state index is 14.0. The Kier molecular flexibility index (Phi) is 5.79. The Morgan fingerprint density at radius 1 is 1.20 bits per heavy atom. The molecule has 0 unspecified atom stereocenters. The first-order valence-corrected chi connectivity index (χ1v) is 12.4. The minimum Gasteiger partial charge on any atom is -0.489 e. The Bertz CT molecular complexity index is 1120. The molecule has 1 aromatic carbocycles. The Balaban J connectivity index is 1.29. The first-order valence-electron chi connectivity index (χ1n) is 12.4. The van der Waals surface area contributed by atoms with Crippen molar-refractivity contribution in [2.45, 2.75) is 75.2 Å². The zero-order chi connectivity index (χ0) is 25.0. The zero-order valence-corrected chi connectivity index (χ0v) is 21.0. The minimum atomic E-state index is -0.645. The van der Waals surface area contributed by atoms with E-state index in [1.165, 1.54) is 6.07 Å². The number of hydrogen-bond acceptors (Lipinski definition) is 5. The summed E-state index contributed by atoms with van der Waals surface area (Å²) in [5.74, 6) is 1.08. The molecule has 3 aliphatic rings. The fourth-order valence-corrected chi connectivity index (χ4v) is 6.16. The third-order valence-electron chi connectivity index (χ3n) is 8.25. The van der Waals surface area contributed by atoms with Gasteiger partial charge in [-0.05, 0) is 83.0 Å². The molecule has 7 nitrogen and oxygen atoms in total. The number of hydrogen-bond donors (Lipinski definition) is 2. The highest BCUT2D eigenvalue weighted by Crippen LogP contribution is 2.46. The Hall–Kier alpha value is -2.71. The SMILES string of the molecule is Cc1cc(OC2CC(C)(O)C2)cnc1N1CC2(CCC(c3cccc(F)c3)(N(C)C)CC2)NC1=O. The summed E-state index contributed by atoms with van der Waals surface area (Å²) >= 11 is 0. The van der Waals surface area contributed by atoms with Gasteiger partial charge in [-0.2, -0.15) is 0 Å². The third kappa shape index (κ3) is 4.38. The van der Waals surface area contributed by atoms with Crippen LogP contribution in [0.25, 0.3) is 0 Å². The average Bonchev–Trinajstić information content (AvgIpc) is 3.08. The Morgan fingerprint density at radius 2 is 1.91 bits per heavy atom. The van der Waals surface area contributed by atoms with Crippen molar-refractivity contribution in [3.05, 3.63) is 53.5 Å². The highest BCUT2D eigenvalue weighted by Gasteiger charge is 2.50. The number of ether oxygens (including phenoxy) is 1. The van der Waals surface area contributed by atoms with Crippen molar-refractivity contribution in [3.63, 3.8) is 0 Å². The highest BCUT2D eigenvalue weighted by atomic mass is 19.1. The van der Waals surface area contributed by atoms with Crippen LogP contribution in [0.5, 0.6) is 5.75 Å². The molecule has 2 heterocycles. The van der Waals surface area contributed by atoms with E-state index in [0.29, 0.717) is 31.0 Å². The van der Waals surface area contributed by atoms with Gasteiger partial charge < -0.3 is 15.2 Å². The number of carbonyl (C=O) groups excluding carboxylic acids is 1. The molecule has 2 amide bonds. The summed E-state index contributed by atoms with van der Waals surface area (Å²) in [5, 5.41) is 13.2. The van der Waals surface area contributed by atoms with E-state index in [4.69, 9.17) is 4.74 Å².